The Balaban J connectivity index is 2.05. The number of hydrogen-bond acceptors (Lipinski definition) is 8. The molecule has 0 bridgehead atoms. The zero-order chi connectivity index (χ0) is 19.1. The summed E-state index contributed by atoms with van der Waals surface area (Å²) in [5.74, 6) is -0.503. The second-order valence-electron chi connectivity index (χ2n) is 5.70. The highest BCUT2D eigenvalue weighted by Crippen LogP contribution is 2.58. The fraction of sp³-hybridized carbons (Fsp3) is 0.353. The van der Waals surface area contributed by atoms with E-state index in [1.807, 2.05) is 31.0 Å². The van der Waals surface area contributed by atoms with Crippen LogP contribution in [-0.4, -0.2) is 39.7 Å². The van der Waals surface area contributed by atoms with Gasteiger partial charge in [-0.2, -0.15) is 5.10 Å². The summed E-state index contributed by atoms with van der Waals surface area (Å²) in [4.78, 5) is 26.8. The first-order valence-electron chi connectivity index (χ1n) is 7.95. The van der Waals surface area contributed by atoms with Crippen LogP contribution in [0, 0.1) is 0 Å². The zero-order valence-electron chi connectivity index (χ0n) is 14.8. The van der Waals surface area contributed by atoms with Crippen molar-refractivity contribution in [3.8, 4) is 0 Å². The van der Waals surface area contributed by atoms with E-state index in [9.17, 15) is 9.59 Å². The van der Waals surface area contributed by atoms with Crippen molar-refractivity contribution in [2.75, 3.05) is 18.7 Å². The van der Waals surface area contributed by atoms with Crippen molar-refractivity contribution in [2.24, 2.45) is 5.10 Å². The minimum atomic E-state index is -0.822. The number of halogens is 1. The normalized spacial score (nSPS) is 22.3. The van der Waals surface area contributed by atoms with Gasteiger partial charge in [0.15, 0.2) is 10.8 Å². The van der Waals surface area contributed by atoms with Gasteiger partial charge in [0.05, 0.1) is 12.3 Å². The molecule has 1 spiro atoms. The maximum absolute atomic E-state index is 12.4. The number of ether oxygens (including phenoxy) is 1. The molecule has 1 aromatic rings. The molecule has 9 heteroatoms. The van der Waals surface area contributed by atoms with E-state index in [-0.39, 0.29) is 11.8 Å². The van der Waals surface area contributed by atoms with E-state index >= 15 is 0 Å². The molecule has 0 amide bonds. The van der Waals surface area contributed by atoms with Gasteiger partial charge < -0.3 is 9.64 Å². The summed E-state index contributed by atoms with van der Waals surface area (Å²) in [5, 5.41) is 7.20. The number of ketones is 1. The highest BCUT2D eigenvalue weighted by atomic mass is 35.5. The topological polar surface area (TPSA) is 62.2 Å². The molecule has 2 aliphatic rings. The highest BCUT2D eigenvalue weighted by Gasteiger charge is 2.56. The van der Waals surface area contributed by atoms with Crippen LogP contribution in [0.5, 0.6) is 0 Å². The van der Waals surface area contributed by atoms with E-state index in [0.29, 0.717) is 21.6 Å². The molecule has 0 saturated heterocycles. The first kappa shape index (κ1) is 19.1. The van der Waals surface area contributed by atoms with Crippen LogP contribution in [0.3, 0.4) is 0 Å². The lowest BCUT2D eigenvalue weighted by Gasteiger charge is -2.39. The Morgan fingerprint density at radius 1 is 1.35 bits per heavy atom. The number of benzene rings is 1. The number of anilines is 1. The predicted molar refractivity (Wildman–Crippen MR) is 107 cm³/mol. The molecule has 0 aromatic heterocycles. The van der Waals surface area contributed by atoms with Gasteiger partial charge in [-0.25, -0.2) is 9.80 Å². The fourth-order valence-electron chi connectivity index (χ4n) is 2.61. The van der Waals surface area contributed by atoms with Crippen molar-refractivity contribution in [1.82, 2.24) is 4.90 Å². The largest absolute Gasteiger partial charge is 0.462 e. The molecule has 6 nitrogen and oxygen atoms in total. The third-order valence-electron chi connectivity index (χ3n) is 3.99. The lowest BCUT2D eigenvalue weighted by atomic mass is 10.3. The molecule has 2 heterocycles. The van der Waals surface area contributed by atoms with Crippen molar-refractivity contribution in [2.45, 2.75) is 25.1 Å². The van der Waals surface area contributed by atoms with E-state index in [4.69, 9.17) is 16.3 Å². The summed E-state index contributed by atoms with van der Waals surface area (Å²) >= 11 is 8.79. The lowest BCUT2D eigenvalue weighted by Crippen LogP contribution is -2.47. The Morgan fingerprint density at radius 2 is 2.08 bits per heavy atom. The number of esters is 1. The molecule has 0 aliphatic carbocycles. The number of carbonyl (C=O) groups excluding carboxylic acids is 2. The maximum atomic E-state index is 12.4. The Bertz CT molecular complexity index is 842. The summed E-state index contributed by atoms with van der Waals surface area (Å²) in [7, 11) is 1.87. The number of nitrogens with zero attached hydrogens (tertiary/aromatic N) is 3. The van der Waals surface area contributed by atoms with Gasteiger partial charge in [0.25, 0.3) is 0 Å². The van der Waals surface area contributed by atoms with Gasteiger partial charge >= 0.3 is 5.97 Å². The SMILES string of the molecule is CCOC(=O)C1=C(C)N(C)C2(SC(C(C)=O)=NN2c2cccc(Cl)c2)S1. The predicted octanol–water partition coefficient (Wildman–Crippen LogP) is 3.88. The standard InChI is InChI=1S/C17H18ClN3O3S2/c1-5-24-16(23)14-10(2)20(4)17(25-14)21(19-15(26-17)11(3)22)13-8-6-7-12(18)9-13/h6-9H,5H2,1-4H3. The minimum absolute atomic E-state index is 0.129. The van der Waals surface area contributed by atoms with Crippen LogP contribution >= 0.6 is 35.1 Å². The van der Waals surface area contributed by atoms with Crippen LogP contribution in [0.4, 0.5) is 5.69 Å². The quantitative estimate of drug-likeness (QED) is 0.696. The summed E-state index contributed by atoms with van der Waals surface area (Å²) in [5.41, 5.74) is 1.51. The third kappa shape index (κ3) is 3.10. The van der Waals surface area contributed by atoms with Gasteiger partial charge in [0.2, 0.25) is 4.33 Å². The Labute approximate surface area is 165 Å². The average Bonchev–Trinajstić information content (AvgIpc) is 3.10. The van der Waals surface area contributed by atoms with Crippen LogP contribution in [0.25, 0.3) is 0 Å². The van der Waals surface area contributed by atoms with Crippen molar-refractivity contribution in [1.29, 1.82) is 0 Å². The van der Waals surface area contributed by atoms with Crippen LogP contribution in [0.1, 0.15) is 20.8 Å². The number of allylic oxidation sites excluding steroid dienone is 1. The average molecular weight is 412 g/mol. The summed E-state index contributed by atoms with van der Waals surface area (Å²) in [6, 6.07) is 7.24. The zero-order valence-corrected chi connectivity index (χ0v) is 17.2. The van der Waals surface area contributed by atoms with E-state index in [0.717, 1.165) is 11.4 Å². The fourth-order valence-corrected chi connectivity index (χ4v) is 5.68. The highest BCUT2D eigenvalue weighted by molar-refractivity contribution is 8.28. The van der Waals surface area contributed by atoms with Gasteiger partial charge in [-0.1, -0.05) is 29.4 Å². The number of hydrogen-bond donors (Lipinski definition) is 0. The summed E-state index contributed by atoms with van der Waals surface area (Å²) < 4.78 is 4.36. The van der Waals surface area contributed by atoms with Gasteiger partial charge in [-0.15, -0.1) is 0 Å². The molecule has 138 valence electrons. The monoisotopic (exact) mass is 411 g/mol. The number of rotatable bonds is 4. The molecule has 0 saturated carbocycles. The van der Waals surface area contributed by atoms with Crippen LogP contribution < -0.4 is 5.01 Å². The van der Waals surface area contributed by atoms with Crippen molar-refractivity contribution < 1.29 is 14.3 Å². The number of thioether (sulfide) groups is 2. The maximum Gasteiger partial charge on any atom is 0.346 e. The molecule has 1 unspecified atom stereocenters. The second kappa shape index (κ2) is 7.17. The molecule has 3 rings (SSSR count). The van der Waals surface area contributed by atoms with E-state index in [1.54, 1.807) is 24.1 Å². The van der Waals surface area contributed by atoms with Gasteiger partial charge in [-0.05, 0) is 43.8 Å². The smallest absolute Gasteiger partial charge is 0.346 e. The molecule has 26 heavy (non-hydrogen) atoms. The van der Waals surface area contributed by atoms with Gasteiger partial charge in [0, 0.05) is 24.7 Å². The summed E-state index contributed by atoms with van der Waals surface area (Å²) in [6.45, 7) is 5.41. The molecular weight excluding hydrogens is 394 g/mol. The Morgan fingerprint density at radius 3 is 2.69 bits per heavy atom. The second-order valence-corrected chi connectivity index (χ2v) is 8.74. The Kier molecular flexibility index (Phi) is 5.28. The molecular formula is C17H18ClN3O3S2. The number of carbonyl (C=O) groups is 2. The van der Waals surface area contributed by atoms with E-state index in [1.165, 1.54) is 30.4 Å². The van der Waals surface area contributed by atoms with Crippen LogP contribution in [-0.2, 0) is 14.3 Å². The molecule has 0 radical (unpaired) electrons. The van der Waals surface area contributed by atoms with Gasteiger partial charge in [0.1, 0.15) is 4.91 Å². The summed E-state index contributed by atoms with van der Waals surface area (Å²) in [6.07, 6.45) is 0. The van der Waals surface area contributed by atoms with Crippen LogP contribution in [0.15, 0.2) is 40.0 Å². The minimum Gasteiger partial charge on any atom is -0.462 e. The molecule has 1 atom stereocenters. The van der Waals surface area contributed by atoms with E-state index in [2.05, 4.69) is 5.10 Å². The number of hydrazone groups is 1. The van der Waals surface area contributed by atoms with E-state index < -0.39 is 4.33 Å². The lowest BCUT2D eigenvalue weighted by molar-refractivity contribution is -0.137. The van der Waals surface area contributed by atoms with Crippen molar-refractivity contribution in [3.63, 3.8) is 0 Å². The molecule has 2 aliphatic heterocycles. The van der Waals surface area contributed by atoms with Crippen molar-refractivity contribution in [3.05, 3.63) is 39.9 Å². The van der Waals surface area contributed by atoms with Gasteiger partial charge in [-0.3, -0.25) is 4.79 Å². The Hall–Kier alpha value is -1.64. The molecule has 0 N–H and O–H groups in total. The van der Waals surface area contributed by atoms with Crippen LogP contribution in [0.2, 0.25) is 5.02 Å². The molecule has 1 aromatic carbocycles. The first-order chi connectivity index (χ1) is 12.3. The third-order valence-corrected chi connectivity index (χ3v) is 7.38. The number of Topliss-reactive ketones (excluding diaryl/α,β-unsaturated/α-hetero) is 1. The first-order valence-corrected chi connectivity index (χ1v) is 9.96. The molecule has 0 fully saturated rings. The van der Waals surface area contributed by atoms with Crippen molar-refractivity contribution >= 4 is 57.6 Å².